The smallest absolute Gasteiger partial charge is 0.312 e. The van der Waals surface area contributed by atoms with Crippen molar-refractivity contribution in [2.75, 3.05) is 19.0 Å². The lowest BCUT2D eigenvalue weighted by atomic mass is 9.61. The molecule has 6 rings (SSSR count). The Morgan fingerprint density at radius 3 is 2.67 bits per heavy atom. The highest BCUT2D eigenvalue weighted by atomic mass is 35.5. The number of imidazole rings is 1. The molecule has 0 radical (unpaired) electrons. The molecule has 194 valence electrons. The van der Waals surface area contributed by atoms with Crippen molar-refractivity contribution in [1.82, 2.24) is 19.5 Å². The second kappa shape index (κ2) is 10.3. The average Bonchev–Trinajstić information content (AvgIpc) is 3.51. The van der Waals surface area contributed by atoms with Crippen LogP contribution in [0.4, 0.5) is 5.82 Å². The number of anilines is 1. The van der Waals surface area contributed by atoms with E-state index in [1.165, 1.54) is 0 Å². The fourth-order valence-corrected chi connectivity index (χ4v) is 5.67. The van der Waals surface area contributed by atoms with Gasteiger partial charge in [-0.05, 0) is 62.5 Å². The molecule has 12 heteroatoms. The molecular formula is C24H30ClN5O6. The van der Waals surface area contributed by atoms with E-state index >= 15 is 0 Å². The molecule has 1 saturated heterocycles. The van der Waals surface area contributed by atoms with E-state index in [1.807, 2.05) is 0 Å². The number of nitrogens with one attached hydrogen (secondary N) is 1. The number of halogens is 1. The van der Waals surface area contributed by atoms with Gasteiger partial charge in [0.25, 0.3) is 5.91 Å². The summed E-state index contributed by atoms with van der Waals surface area (Å²) >= 11 is 6.12. The number of rotatable bonds is 9. The molecular weight excluding hydrogens is 490 g/mol. The van der Waals surface area contributed by atoms with Gasteiger partial charge in [-0.25, -0.2) is 4.98 Å². The summed E-state index contributed by atoms with van der Waals surface area (Å²) in [6.07, 6.45) is 7.63. The first-order valence-corrected chi connectivity index (χ1v) is 12.8. The number of aromatic nitrogens is 4. The van der Waals surface area contributed by atoms with Crippen molar-refractivity contribution in [1.29, 1.82) is 0 Å². The number of hydrogen-bond donors (Lipinski definition) is 1. The van der Waals surface area contributed by atoms with Gasteiger partial charge in [0, 0.05) is 26.5 Å². The van der Waals surface area contributed by atoms with Crippen LogP contribution in [0.25, 0.3) is 11.2 Å². The molecule has 2 bridgehead atoms. The van der Waals surface area contributed by atoms with E-state index in [4.69, 9.17) is 25.8 Å². The minimum Gasteiger partial charge on any atom is -0.463 e. The third-order valence-electron chi connectivity index (χ3n) is 7.81. The number of amides is 1. The summed E-state index contributed by atoms with van der Waals surface area (Å²) in [6, 6.07) is 0. The molecule has 0 aromatic carbocycles. The highest BCUT2D eigenvalue weighted by Gasteiger charge is 2.47. The van der Waals surface area contributed by atoms with Crippen molar-refractivity contribution < 1.29 is 28.6 Å². The summed E-state index contributed by atoms with van der Waals surface area (Å²) in [5, 5.41) is 2.59. The lowest BCUT2D eigenvalue weighted by molar-refractivity contribution is -0.166. The molecule has 2 aromatic heterocycles. The Kier molecular flexibility index (Phi) is 7.11. The third-order valence-corrected chi connectivity index (χ3v) is 7.98. The molecule has 3 saturated carbocycles. The largest absolute Gasteiger partial charge is 0.463 e. The zero-order valence-electron chi connectivity index (χ0n) is 20.2. The van der Waals surface area contributed by atoms with Crippen molar-refractivity contribution in [3.63, 3.8) is 0 Å². The molecule has 1 amide bonds. The second-order valence-corrected chi connectivity index (χ2v) is 10.3. The van der Waals surface area contributed by atoms with Crippen molar-refractivity contribution >= 4 is 46.4 Å². The predicted octanol–water partition coefficient (Wildman–Crippen LogP) is 3.04. The molecule has 4 fully saturated rings. The number of fused-ring (bicyclic) bond motifs is 4. The summed E-state index contributed by atoms with van der Waals surface area (Å²) in [5.74, 6) is -0.0603. The Labute approximate surface area is 213 Å². The van der Waals surface area contributed by atoms with Gasteiger partial charge in [-0.2, -0.15) is 9.97 Å². The van der Waals surface area contributed by atoms with Gasteiger partial charge in [0.05, 0.1) is 17.8 Å². The van der Waals surface area contributed by atoms with Crippen molar-refractivity contribution in [3.05, 3.63) is 11.6 Å². The van der Waals surface area contributed by atoms with Crippen LogP contribution in [-0.4, -0.2) is 63.3 Å². The van der Waals surface area contributed by atoms with Crippen LogP contribution in [-0.2, 0) is 35.1 Å². The number of nitrogens with zero attached hydrogens (tertiary/aromatic N) is 4. The summed E-state index contributed by atoms with van der Waals surface area (Å²) < 4.78 is 18.1. The molecule has 3 aliphatic carbocycles. The zero-order valence-corrected chi connectivity index (χ0v) is 21.0. The monoisotopic (exact) mass is 519 g/mol. The number of aryl methyl sites for hydroxylation is 1. The lowest BCUT2D eigenvalue weighted by Gasteiger charge is -2.44. The Hall–Kier alpha value is -2.79. The molecule has 2 aromatic rings. The average molecular weight is 520 g/mol. The first-order chi connectivity index (χ1) is 17.4. The molecule has 3 heterocycles. The van der Waals surface area contributed by atoms with Crippen LogP contribution in [0.2, 0.25) is 5.28 Å². The van der Waals surface area contributed by atoms with E-state index in [1.54, 1.807) is 18.0 Å². The Morgan fingerprint density at radius 1 is 1.25 bits per heavy atom. The number of methoxy groups -OCH3 is 1. The first-order valence-electron chi connectivity index (χ1n) is 12.5. The van der Waals surface area contributed by atoms with Gasteiger partial charge >= 0.3 is 11.9 Å². The van der Waals surface area contributed by atoms with Gasteiger partial charge in [0.1, 0.15) is 6.61 Å². The van der Waals surface area contributed by atoms with Crippen LogP contribution in [0.5, 0.6) is 0 Å². The van der Waals surface area contributed by atoms with E-state index in [2.05, 4.69) is 20.3 Å². The van der Waals surface area contributed by atoms with Crippen molar-refractivity contribution in [3.8, 4) is 0 Å². The van der Waals surface area contributed by atoms with Crippen molar-refractivity contribution in [2.24, 2.45) is 11.3 Å². The predicted molar refractivity (Wildman–Crippen MR) is 128 cm³/mol. The highest BCUT2D eigenvalue weighted by Crippen LogP contribution is 2.50. The van der Waals surface area contributed by atoms with E-state index in [-0.39, 0.29) is 41.6 Å². The lowest BCUT2D eigenvalue weighted by Crippen LogP contribution is -2.42. The molecule has 36 heavy (non-hydrogen) atoms. The van der Waals surface area contributed by atoms with Gasteiger partial charge in [0.15, 0.2) is 23.1 Å². The molecule has 1 aliphatic heterocycles. The Balaban J connectivity index is 1.20. The second-order valence-electron chi connectivity index (χ2n) is 9.97. The van der Waals surface area contributed by atoms with Crippen LogP contribution in [0.15, 0.2) is 6.33 Å². The minimum absolute atomic E-state index is 0.0540. The van der Waals surface area contributed by atoms with Gasteiger partial charge in [-0.15, -0.1) is 0 Å². The van der Waals surface area contributed by atoms with Crippen LogP contribution in [0.3, 0.4) is 0 Å². The first kappa shape index (κ1) is 24.9. The van der Waals surface area contributed by atoms with Gasteiger partial charge in [-0.1, -0.05) is 0 Å². The quantitative estimate of drug-likeness (QED) is 0.391. The number of hydrogen-bond acceptors (Lipinski definition) is 9. The Bertz CT molecular complexity index is 1150. The van der Waals surface area contributed by atoms with Crippen LogP contribution >= 0.6 is 11.6 Å². The molecule has 11 nitrogen and oxygen atoms in total. The van der Waals surface area contributed by atoms with E-state index in [9.17, 15) is 14.4 Å². The maximum atomic E-state index is 12.9. The third kappa shape index (κ3) is 5.04. The highest BCUT2D eigenvalue weighted by molar-refractivity contribution is 6.28. The fourth-order valence-electron chi connectivity index (χ4n) is 5.51. The van der Waals surface area contributed by atoms with E-state index in [0.717, 1.165) is 44.4 Å². The van der Waals surface area contributed by atoms with E-state index < -0.39 is 18.0 Å². The molecule has 4 aliphatic rings. The number of ether oxygens (including phenoxy) is 3. The number of carbonyl (C=O) groups is 3. The number of esters is 2. The number of carbonyl (C=O) groups excluding carboxylic acids is 3. The normalized spacial score (nSPS) is 26.1. The summed E-state index contributed by atoms with van der Waals surface area (Å²) in [5.41, 5.74) is 0.502. The standard InChI is InChI=1S/C24H30ClN5O6/c1-34-15(12-35-22(33)24-8-4-14(5-9-24)6-10-24)7-11-30-13-26-18-19(28-23(25)29-20(18)30)27-21(32)16-2-3-17(31)36-16/h13-16H,2-12H2,1H3,(H,27,28,29,32). The van der Waals surface area contributed by atoms with Crippen LogP contribution < -0.4 is 5.32 Å². The SMILES string of the molecule is COC(CCn1cnc2c(NC(=O)C3CCC(=O)O3)nc(Cl)nc21)COC(=O)C12CCC(CC1)CC2. The van der Waals surface area contributed by atoms with E-state index in [0.29, 0.717) is 30.6 Å². The molecule has 2 atom stereocenters. The maximum Gasteiger partial charge on any atom is 0.312 e. The van der Waals surface area contributed by atoms with Crippen molar-refractivity contribution in [2.45, 2.75) is 76.5 Å². The van der Waals surface area contributed by atoms with Crippen LogP contribution in [0, 0.1) is 11.3 Å². The van der Waals surface area contributed by atoms with Gasteiger partial charge < -0.3 is 24.1 Å². The zero-order chi connectivity index (χ0) is 25.3. The number of cyclic esters (lactones) is 1. The van der Waals surface area contributed by atoms with Crippen LogP contribution in [0.1, 0.15) is 57.8 Å². The topological polar surface area (TPSA) is 135 Å². The Morgan fingerprint density at radius 2 is 2.00 bits per heavy atom. The summed E-state index contributed by atoms with van der Waals surface area (Å²) in [7, 11) is 1.59. The molecule has 0 spiro atoms. The van der Waals surface area contributed by atoms with Gasteiger partial charge in [-0.3, -0.25) is 14.4 Å². The molecule has 2 unspecified atom stereocenters. The minimum atomic E-state index is -0.864. The fraction of sp³-hybridized carbons (Fsp3) is 0.667. The van der Waals surface area contributed by atoms with Gasteiger partial charge in [0.2, 0.25) is 5.28 Å². The maximum absolute atomic E-state index is 12.9. The molecule has 1 N–H and O–H groups in total. The summed E-state index contributed by atoms with van der Waals surface area (Å²) in [6.45, 7) is 0.657. The summed E-state index contributed by atoms with van der Waals surface area (Å²) in [4.78, 5) is 49.4.